The molecule has 0 amide bonds. The fourth-order valence-corrected chi connectivity index (χ4v) is 10.0. The number of nitrogens with zero attached hydrogens (tertiary/aromatic N) is 2. The largest absolute Gasteiger partial charge is 2.00 e. The molecule has 45 heavy (non-hydrogen) atoms. The molecule has 0 radical (unpaired) electrons. The van der Waals surface area contributed by atoms with Crippen LogP contribution in [-0.2, 0) is 20.4 Å². The van der Waals surface area contributed by atoms with E-state index >= 15 is 0 Å². The molecule has 10 nitrogen and oxygen atoms in total. The average Bonchev–Trinajstić information content (AvgIpc) is 3.01. The molecule has 242 valence electrons. The van der Waals surface area contributed by atoms with Gasteiger partial charge in [-0.25, -0.2) is 0 Å². The van der Waals surface area contributed by atoms with Crippen molar-refractivity contribution in [2.45, 2.75) is 37.8 Å². The van der Waals surface area contributed by atoms with Crippen molar-refractivity contribution in [2.75, 3.05) is 12.3 Å². The van der Waals surface area contributed by atoms with Gasteiger partial charge in [-0.1, -0.05) is 141 Å². The minimum atomic E-state index is -1.75. The predicted octanol–water partition coefficient (Wildman–Crippen LogP) is 5.34. The van der Waals surface area contributed by atoms with E-state index in [9.17, 15) is 0 Å². The van der Waals surface area contributed by atoms with Crippen LogP contribution in [0.5, 0.6) is 0 Å². The Morgan fingerprint density at radius 3 is 0.911 bits per heavy atom. The maximum Gasteiger partial charge on any atom is 2.00 e. The number of nitrogens with two attached hydrogens (primary N) is 2. The predicted molar refractivity (Wildman–Crippen MR) is 183 cm³/mol. The average molecular weight is 743 g/mol. The van der Waals surface area contributed by atoms with Crippen LogP contribution in [0.4, 0.5) is 0 Å². The maximum absolute atomic E-state index is 8.25. The number of hydrogen-bond donors (Lipinski definition) is 2. The molecule has 1 aliphatic carbocycles. The summed E-state index contributed by atoms with van der Waals surface area (Å²) in [7, 11) is -0.696. The summed E-state index contributed by atoms with van der Waals surface area (Å²) in [6.45, 7) is 0. The molecule has 4 aromatic carbocycles. The van der Waals surface area contributed by atoms with Crippen molar-refractivity contribution in [1.29, 1.82) is 0 Å². The zero-order valence-corrected chi connectivity index (χ0v) is 28.0. The molecule has 0 atom stereocenters. The maximum atomic E-state index is 8.25. The van der Waals surface area contributed by atoms with Gasteiger partial charge >= 0.3 is 20.4 Å². The second-order valence-corrected chi connectivity index (χ2v) is 14.6. The molecule has 13 heteroatoms. The smallest absolute Gasteiger partial charge is 0.356 e. The Kier molecular flexibility index (Phi) is 19.7. The zero-order chi connectivity index (χ0) is 32.2. The van der Waals surface area contributed by atoms with E-state index in [-0.39, 0.29) is 41.9 Å². The minimum absolute atomic E-state index is 0. The molecule has 0 aromatic heterocycles. The Balaban J connectivity index is 0.000000492. The monoisotopic (exact) mass is 742 g/mol. The molecule has 1 saturated carbocycles. The van der Waals surface area contributed by atoms with Gasteiger partial charge in [0.25, 0.3) is 0 Å². The normalized spacial score (nSPS) is 12.9. The van der Waals surface area contributed by atoms with E-state index in [1.54, 1.807) is 0 Å². The molecule has 1 aliphatic rings. The van der Waals surface area contributed by atoms with Crippen molar-refractivity contribution in [3.05, 3.63) is 152 Å². The summed E-state index contributed by atoms with van der Waals surface area (Å²) >= 11 is 0. The van der Waals surface area contributed by atoms with Crippen LogP contribution in [0, 0.1) is 30.6 Å². The van der Waals surface area contributed by atoms with Gasteiger partial charge < -0.3 is 42.1 Å². The Bertz CT molecular complexity index is 1170. The van der Waals surface area contributed by atoms with Gasteiger partial charge in [-0.15, -0.1) is 0 Å². The van der Waals surface area contributed by atoms with Crippen molar-refractivity contribution < 1.29 is 30.6 Å². The number of benzene rings is 4. The Morgan fingerprint density at radius 2 is 0.733 bits per heavy atom. The molecular formula is C32H38N4O6P2Pd. The molecule has 0 bridgehead atoms. The van der Waals surface area contributed by atoms with Crippen LogP contribution in [0.25, 0.3) is 0 Å². The van der Waals surface area contributed by atoms with Crippen LogP contribution < -0.4 is 32.7 Å². The van der Waals surface area contributed by atoms with Crippen molar-refractivity contribution >= 4 is 37.1 Å². The molecular weight excluding hydrogens is 705 g/mol. The molecule has 0 unspecified atom stereocenters. The first-order valence-corrected chi connectivity index (χ1v) is 17.1. The molecule has 4 aromatic rings. The molecule has 0 spiro atoms. The standard InChI is InChI=1S/C26H24P2.C6H14N2.2NO3.Pd/c1-5-13-23(14-6-1)27(24-15-7-2-8-16-24)21-22-28(25-17-9-3-10-18-25)26-19-11-4-12-20-26;7-6(8)4-2-1-3-5-6;2*2-1(3)4;/h1-20H,21-22H2;1-5,7-8H2;;;/q;;2*-1;+2. The third-order valence-corrected chi connectivity index (χ3v) is 12.0. The summed E-state index contributed by atoms with van der Waals surface area (Å²) in [5.74, 6) is 0. The first kappa shape index (κ1) is 39.7. The van der Waals surface area contributed by atoms with Gasteiger partial charge in [0, 0.05) is 0 Å². The topological polar surface area (TPSA) is 184 Å². The van der Waals surface area contributed by atoms with Crippen LogP contribution >= 0.6 is 15.8 Å². The third kappa shape index (κ3) is 17.1. The summed E-state index contributed by atoms with van der Waals surface area (Å²) < 4.78 is 0. The SMILES string of the molecule is NC1(N)CCCCC1.O=[N+]([O-])[O-].O=[N+]([O-])[O-].[Pd+2].c1ccc(P(CCP(c2ccccc2)c2ccccc2)c2ccccc2)cc1. The fourth-order valence-electron chi connectivity index (χ4n) is 4.66. The van der Waals surface area contributed by atoms with Crippen LogP contribution in [0.2, 0.25) is 0 Å². The Hall–Kier alpha value is -3.28. The van der Waals surface area contributed by atoms with Crippen LogP contribution in [-0.4, -0.2) is 28.2 Å². The first-order valence-electron chi connectivity index (χ1n) is 14.0. The number of hydrogen-bond acceptors (Lipinski definition) is 8. The molecule has 0 saturated heterocycles. The molecule has 5 rings (SSSR count). The molecule has 0 heterocycles. The van der Waals surface area contributed by atoms with Gasteiger partial charge in [0.15, 0.2) is 0 Å². The van der Waals surface area contributed by atoms with Crippen LogP contribution in [0.3, 0.4) is 0 Å². The van der Waals surface area contributed by atoms with E-state index < -0.39 is 10.2 Å². The molecule has 4 N–H and O–H groups in total. The van der Waals surface area contributed by atoms with E-state index in [0.29, 0.717) is 0 Å². The van der Waals surface area contributed by atoms with Gasteiger partial charge in [-0.3, -0.25) is 0 Å². The number of rotatable bonds is 7. The summed E-state index contributed by atoms with van der Waals surface area (Å²) in [6, 6.07) is 44.2. The second-order valence-electron chi connectivity index (χ2n) is 9.89. The summed E-state index contributed by atoms with van der Waals surface area (Å²) in [6.07, 6.45) is 8.17. The van der Waals surface area contributed by atoms with Gasteiger partial charge in [-0.2, -0.15) is 0 Å². The van der Waals surface area contributed by atoms with Crippen LogP contribution in [0.15, 0.2) is 121 Å². The van der Waals surface area contributed by atoms with Crippen LogP contribution in [0.1, 0.15) is 32.1 Å². The van der Waals surface area contributed by atoms with E-state index in [0.717, 1.165) is 12.8 Å². The van der Waals surface area contributed by atoms with E-state index in [2.05, 4.69) is 121 Å². The van der Waals surface area contributed by atoms with Crippen molar-refractivity contribution in [3.63, 3.8) is 0 Å². The van der Waals surface area contributed by atoms with E-state index in [1.165, 1.54) is 52.8 Å². The van der Waals surface area contributed by atoms with Crippen molar-refractivity contribution in [2.24, 2.45) is 11.5 Å². The van der Waals surface area contributed by atoms with Crippen molar-refractivity contribution in [1.82, 2.24) is 0 Å². The summed E-state index contributed by atoms with van der Waals surface area (Å²) in [5, 5.41) is 35.4. The second kappa shape index (κ2) is 22.3. The first-order chi connectivity index (χ1) is 21.1. The fraction of sp³-hybridized carbons (Fsp3) is 0.250. The van der Waals surface area contributed by atoms with Gasteiger partial charge in [0.1, 0.15) is 0 Å². The zero-order valence-electron chi connectivity index (χ0n) is 24.7. The quantitative estimate of drug-likeness (QED) is 0.0836. The minimum Gasteiger partial charge on any atom is -0.356 e. The van der Waals surface area contributed by atoms with E-state index in [1.807, 2.05) is 0 Å². The molecule has 0 aliphatic heterocycles. The van der Waals surface area contributed by atoms with Crippen molar-refractivity contribution in [3.8, 4) is 0 Å². The van der Waals surface area contributed by atoms with Gasteiger partial charge in [0.05, 0.1) is 15.8 Å². The summed E-state index contributed by atoms with van der Waals surface area (Å²) in [5.41, 5.74) is 11.0. The Labute approximate surface area is 280 Å². The van der Waals surface area contributed by atoms with Gasteiger partial charge in [-0.05, 0) is 62.2 Å². The third-order valence-electron chi connectivity index (χ3n) is 6.60. The summed E-state index contributed by atoms with van der Waals surface area (Å²) in [4.78, 5) is 16.5. The Morgan fingerprint density at radius 1 is 0.511 bits per heavy atom. The van der Waals surface area contributed by atoms with E-state index in [4.69, 9.17) is 42.1 Å². The molecule has 1 fully saturated rings. The van der Waals surface area contributed by atoms with Gasteiger partial charge in [0.2, 0.25) is 0 Å².